The molecule has 0 amide bonds. The van der Waals surface area contributed by atoms with Crippen molar-refractivity contribution in [3.8, 4) is 5.75 Å². The van der Waals surface area contributed by atoms with E-state index in [0.717, 1.165) is 27.6 Å². The molecule has 0 saturated carbocycles. The second-order valence-electron chi connectivity index (χ2n) is 11.4. The summed E-state index contributed by atoms with van der Waals surface area (Å²) in [5, 5.41) is 53.5. The minimum Gasteiger partial charge on any atom is -0.508 e. The number of carboxylic acids is 4. The number of carboxylic acid groups (broad SMARTS) is 4. The van der Waals surface area contributed by atoms with Gasteiger partial charge in [-0.15, -0.1) is 0 Å². The van der Waals surface area contributed by atoms with Crippen molar-refractivity contribution in [2.24, 2.45) is 28.7 Å². The van der Waals surface area contributed by atoms with Crippen LogP contribution in [-0.4, -0.2) is 91.1 Å². The van der Waals surface area contributed by atoms with Crippen LogP contribution in [0.25, 0.3) is 10.9 Å². The fourth-order valence-corrected chi connectivity index (χ4v) is 4.22. The lowest BCUT2D eigenvalue weighted by atomic mass is 10.1. The summed E-state index contributed by atoms with van der Waals surface area (Å²) in [6.07, 6.45) is 3.79. The van der Waals surface area contributed by atoms with Crippen LogP contribution >= 0.6 is 0 Å². The minimum atomic E-state index is -1.02. The molecule has 4 atom stereocenters. The molecule has 17 nitrogen and oxygen atoms in total. The van der Waals surface area contributed by atoms with Gasteiger partial charge in [0.05, 0.1) is 0 Å². The first-order chi connectivity index (χ1) is 24.5. The molecule has 0 bridgehead atoms. The topological polar surface area (TPSA) is 351 Å². The van der Waals surface area contributed by atoms with Crippen LogP contribution in [0.15, 0.2) is 85.1 Å². The second-order valence-corrected chi connectivity index (χ2v) is 11.4. The van der Waals surface area contributed by atoms with E-state index in [-0.39, 0.29) is 18.1 Å². The Hall–Kier alpha value is -6.01. The number of fused-ring (bicyclic) bond motifs is 1. The molecule has 0 radical (unpaired) electrons. The van der Waals surface area contributed by atoms with Gasteiger partial charge in [-0.05, 0) is 60.6 Å². The van der Waals surface area contributed by atoms with E-state index in [1.165, 1.54) is 12.1 Å². The number of aromatic nitrogens is 1. The van der Waals surface area contributed by atoms with Gasteiger partial charge in [0.2, 0.25) is 0 Å². The van der Waals surface area contributed by atoms with E-state index in [0.29, 0.717) is 32.2 Å². The quantitative estimate of drug-likeness (QED) is 0.0485. The van der Waals surface area contributed by atoms with Gasteiger partial charge in [0.25, 0.3) is 0 Å². The maximum atomic E-state index is 10.6. The molecule has 4 unspecified atom stereocenters. The van der Waals surface area contributed by atoms with Crippen LogP contribution in [0.5, 0.6) is 5.75 Å². The molecule has 4 rings (SSSR count). The summed E-state index contributed by atoms with van der Waals surface area (Å²) in [5.74, 6) is -3.91. The first-order valence-corrected chi connectivity index (χ1v) is 15.9. The molecule has 0 aliphatic carbocycles. The Morgan fingerprint density at radius 2 is 1.12 bits per heavy atom. The Morgan fingerprint density at radius 1 is 0.654 bits per heavy atom. The van der Waals surface area contributed by atoms with Crippen LogP contribution < -0.4 is 34.0 Å². The van der Waals surface area contributed by atoms with Gasteiger partial charge in [-0.25, -0.2) is 0 Å². The van der Waals surface area contributed by atoms with Gasteiger partial charge in [0.15, 0.2) is 5.96 Å². The maximum absolute atomic E-state index is 10.6. The number of hydrogen-bond acceptors (Lipinski definition) is 10. The number of H-pyrrole nitrogens is 1. The number of para-hydroxylation sites is 1. The van der Waals surface area contributed by atoms with Crippen molar-refractivity contribution in [1.29, 1.82) is 5.41 Å². The average molecular weight is 725 g/mol. The lowest BCUT2D eigenvalue weighted by Gasteiger charge is -2.06. The predicted octanol–water partition coefficient (Wildman–Crippen LogP) is 0.771. The zero-order valence-electron chi connectivity index (χ0n) is 28.4. The van der Waals surface area contributed by atoms with Crippen molar-refractivity contribution >= 4 is 40.7 Å². The largest absolute Gasteiger partial charge is 0.508 e. The first kappa shape index (κ1) is 44.0. The van der Waals surface area contributed by atoms with Crippen molar-refractivity contribution in [2.75, 3.05) is 6.54 Å². The fourth-order valence-electron chi connectivity index (χ4n) is 4.22. The lowest BCUT2D eigenvalue weighted by molar-refractivity contribution is -0.139. The number of hydrogen-bond donors (Lipinski definition) is 13. The Kier molecular flexibility index (Phi) is 19.8. The van der Waals surface area contributed by atoms with Gasteiger partial charge in [-0.3, -0.25) is 24.6 Å². The van der Waals surface area contributed by atoms with Crippen LogP contribution in [0.2, 0.25) is 0 Å². The van der Waals surface area contributed by atoms with Crippen molar-refractivity contribution < 1.29 is 44.7 Å². The van der Waals surface area contributed by atoms with Crippen LogP contribution in [0, 0.1) is 5.41 Å². The molecule has 282 valence electrons. The molecule has 0 aliphatic heterocycles. The van der Waals surface area contributed by atoms with Crippen LogP contribution in [0.3, 0.4) is 0 Å². The van der Waals surface area contributed by atoms with Crippen molar-refractivity contribution in [2.45, 2.75) is 56.3 Å². The highest BCUT2D eigenvalue weighted by molar-refractivity contribution is 5.84. The minimum absolute atomic E-state index is 0.112. The molecular formula is C35H48N8O9. The van der Waals surface area contributed by atoms with Crippen LogP contribution in [-0.2, 0) is 38.4 Å². The highest BCUT2D eigenvalue weighted by Crippen LogP contribution is 2.18. The van der Waals surface area contributed by atoms with Crippen molar-refractivity contribution in [3.63, 3.8) is 0 Å². The van der Waals surface area contributed by atoms with E-state index in [2.05, 4.69) is 10.3 Å². The predicted molar refractivity (Wildman–Crippen MR) is 196 cm³/mol. The van der Waals surface area contributed by atoms with Gasteiger partial charge < -0.3 is 64.5 Å². The number of benzene rings is 3. The third kappa shape index (κ3) is 18.1. The summed E-state index contributed by atoms with van der Waals surface area (Å²) in [5.41, 5.74) is 30.1. The molecule has 52 heavy (non-hydrogen) atoms. The molecule has 1 heterocycles. The maximum Gasteiger partial charge on any atom is 0.320 e. The molecule has 3 aromatic carbocycles. The highest BCUT2D eigenvalue weighted by Gasteiger charge is 2.15. The standard InChI is InChI=1S/C11H12N2O2.C9H11NO3.C9H11NO2.C6H14N4O2/c12-9(11(14)15)5-7-6-13-10-4-2-1-3-8(7)10;10-8(9(12)13)5-6-1-3-7(11)4-2-6;10-8(9(11)12)6-7-4-2-1-3-5-7;7-4(5(11)12)2-1-3-10-6(8)9/h1-4,6,9,13H,5,12H2,(H,14,15);1-4,8,11H,5,10H2,(H,12,13);1-5,8H,6,10H2,(H,11,12);4H,1-3,7H2,(H,11,12)(H4,8,9,10). The monoisotopic (exact) mass is 724 g/mol. The Bertz CT molecular complexity index is 1700. The lowest BCUT2D eigenvalue weighted by Crippen LogP contribution is -2.34. The summed E-state index contributed by atoms with van der Waals surface area (Å²) < 4.78 is 0. The van der Waals surface area contributed by atoms with E-state index in [1.54, 1.807) is 12.1 Å². The van der Waals surface area contributed by atoms with Gasteiger partial charge in [-0.2, -0.15) is 0 Å². The Labute approximate surface area is 299 Å². The average Bonchev–Trinajstić information content (AvgIpc) is 3.51. The number of nitrogens with two attached hydrogens (primary N) is 5. The summed E-state index contributed by atoms with van der Waals surface area (Å²) in [4.78, 5) is 44.7. The second kappa shape index (κ2) is 23.4. The number of aromatic hydroxyl groups is 1. The number of guanidine groups is 1. The normalized spacial score (nSPS) is 12.5. The molecule has 0 saturated heterocycles. The third-order valence-corrected chi connectivity index (χ3v) is 7.08. The summed E-state index contributed by atoms with van der Waals surface area (Å²) in [7, 11) is 0. The van der Waals surface area contributed by atoms with Crippen molar-refractivity contribution in [1.82, 2.24) is 10.3 Å². The summed E-state index contributed by atoms with van der Waals surface area (Å²) >= 11 is 0. The molecule has 0 fully saturated rings. The highest BCUT2D eigenvalue weighted by atomic mass is 16.4. The number of phenols is 1. The van der Waals surface area contributed by atoms with E-state index in [4.69, 9.17) is 59.6 Å². The zero-order chi connectivity index (χ0) is 39.2. The molecule has 18 N–H and O–H groups in total. The smallest absolute Gasteiger partial charge is 0.320 e. The zero-order valence-corrected chi connectivity index (χ0v) is 28.4. The Balaban J connectivity index is 0.000000349. The molecule has 1 aromatic heterocycles. The first-order valence-electron chi connectivity index (χ1n) is 15.9. The number of aliphatic carboxylic acids is 4. The van der Waals surface area contributed by atoms with Crippen LogP contribution in [0.4, 0.5) is 0 Å². The van der Waals surface area contributed by atoms with E-state index in [1.807, 2.05) is 60.8 Å². The number of rotatable bonds is 14. The Morgan fingerprint density at radius 3 is 1.62 bits per heavy atom. The number of aromatic amines is 1. The van der Waals surface area contributed by atoms with Gasteiger partial charge >= 0.3 is 23.9 Å². The van der Waals surface area contributed by atoms with E-state index < -0.39 is 48.0 Å². The third-order valence-electron chi connectivity index (χ3n) is 7.08. The number of phenolic OH excluding ortho intramolecular Hbond substituents is 1. The molecular weight excluding hydrogens is 676 g/mol. The number of carbonyl (C=O) groups is 4. The molecule has 17 heteroatoms. The number of nitrogens with one attached hydrogen (secondary N) is 3. The summed E-state index contributed by atoms with van der Waals surface area (Å²) in [6.45, 7) is 0.482. The van der Waals surface area contributed by atoms with Gasteiger partial charge in [0.1, 0.15) is 29.9 Å². The SMILES string of the molecule is N=C(N)NCCCC(N)C(=O)O.NC(Cc1c[nH]c2ccccc12)C(=O)O.NC(Cc1ccc(O)cc1)C(=O)O.NC(Cc1ccccc1)C(=O)O. The van der Waals surface area contributed by atoms with Crippen molar-refractivity contribution in [3.05, 3.63) is 102 Å². The van der Waals surface area contributed by atoms with E-state index in [9.17, 15) is 19.2 Å². The van der Waals surface area contributed by atoms with Crippen LogP contribution in [0.1, 0.15) is 29.5 Å². The fraction of sp³-hybridized carbons (Fsp3) is 0.286. The van der Waals surface area contributed by atoms with Gasteiger partial charge in [-0.1, -0.05) is 60.7 Å². The summed E-state index contributed by atoms with van der Waals surface area (Å²) in [6, 6.07) is 20.1. The van der Waals surface area contributed by atoms with Gasteiger partial charge in [0, 0.05) is 30.1 Å². The van der Waals surface area contributed by atoms with E-state index >= 15 is 0 Å². The molecule has 0 aliphatic rings. The molecule has 4 aromatic rings. The molecule has 0 spiro atoms.